The van der Waals surface area contributed by atoms with Crippen LogP contribution in [0.5, 0.6) is 0 Å². The number of rotatable bonds is 3. The van der Waals surface area contributed by atoms with Gasteiger partial charge in [0, 0.05) is 12.2 Å². The zero-order valence-electron chi connectivity index (χ0n) is 11.1. The molecule has 0 spiro atoms. The number of hydrogen-bond acceptors (Lipinski definition) is 2. The molecule has 0 aromatic heterocycles. The van der Waals surface area contributed by atoms with E-state index in [1.54, 1.807) is 12.1 Å². The maximum atomic E-state index is 13.1. The van der Waals surface area contributed by atoms with E-state index in [9.17, 15) is 9.18 Å². The second-order valence-electron chi connectivity index (χ2n) is 5.36. The summed E-state index contributed by atoms with van der Waals surface area (Å²) in [5.74, 6) is -0.414. The topological polar surface area (TPSA) is 55.1 Å². The Hall–Kier alpha value is -1.42. The maximum Gasteiger partial charge on any atom is 0.231 e. The molecule has 0 aliphatic heterocycles. The van der Waals surface area contributed by atoms with Gasteiger partial charge >= 0.3 is 0 Å². The Morgan fingerprint density at radius 2 is 1.95 bits per heavy atom. The summed E-state index contributed by atoms with van der Waals surface area (Å²) in [6.07, 6.45) is 6.04. The highest BCUT2D eigenvalue weighted by molar-refractivity contribution is 5.95. The minimum absolute atomic E-state index is 0.0671. The SMILES string of the molecule is NCC1(C(=O)Nc2cccc(F)c2)CCCCCC1. The highest BCUT2D eigenvalue weighted by atomic mass is 19.1. The molecule has 1 fully saturated rings. The van der Waals surface area contributed by atoms with Gasteiger partial charge in [-0.05, 0) is 31.0 Å². The smallest absolute Gasteiger partial charge is 0.231 e. The van der Waals surface area contributed by atoms with Crippen LogP contribution >= 0.6 is 0 Å². The van der Waals surface area contributed by atoms with Gasteiger partial charge in [0.05, 0.1) is 5.41 Å². The van der Waals surface area contributed by atoms with Crippen molar-refractivity contribution >= 4 is 11.6 Å². The molecule has 19 heavy (non-hydrogen) atoms. The lowest BCUT2D eigenvalue weighted by molar-refractivity contribution is -0.125. The minimum atomic E-state index is -0.483. The lowest BCUT2D eigenvalue weighted by Gasteiger charge is -2.29. The number of amides is 1. The summed E-state index contributed by atoms with van der Waals surface area (Å²) in [5, 5.41) is 2.81. The number of halogens is 1. The van der Waals surface area contributed by atoms with Crippen LogP contribution in [-0.2, 0) is 4.79 Å². The van der Waals surface area contributed by atoms with Crippen molar-refractivity contribution in [3.05, 3.63) is 30.1 Å². The summed E-state index contributed by atoms with van der Waals surface area (Å²) >= 11 is 0. The molecule has 1 aliphatic rings. The van der Waals surface area contributed by atoms with E-state index in [1.165, 1.54) is 12.1 Å². The Bertz CT molecular complexity index is 440. The van der Waals surface area contributed by atoms with E-state index in [-0.39, 0.29) is 11.7 Å². The molecule has 1 aromatic carbocycles. The molecule has 0 unspecified atom stereocenters. The van der Waals surface area contributed by atoms with E-state index >= 15 is 0 Å². The van der Waals surface area contributed by atoms with Gasteiger partial charge in [-0.1, -0.05) is 31.7 Å². The van der Waals surface area contributed by atoms with Crippen LogP contribution in [0.2, 0.25) is 0 Å². The van der Waals surface area contributed by atoms with Crippen molar-refractivity contribution in [1.29, 1.82) is 0 Å². The Morgan fingerprint density at radius 1 is 1.26 bits per heavy atom. The number of benzene rings is 1. The van der Waals surface area contributed by atoms with Crippen LogP contribution in [0.4, 0.5) is 10.1 Å². The lowest BCUT2D eigenvalue weighted by Crippen LogP contribution is -2.42. The van der Waals surface area contributed by atoms with Gasteiger partial charge in [0.15, 0.2) is 0 Å². The van der Waals surface area contributed by atoms with Crippen LogP contribution in [0.15, 0.2) is 24.3 Å². The summed E-state index contributed by atoms with van der Waals surface area (Å²) in [7, 11) is 0. The van der Waals surface area contributed by atoms with Crippen LogP contribution in [-0.4, -0.2) is 12.5 Å². The molecule has 3 nitrogen and oxygen atoms in total. The van der Waals surface area contributed by atoms with Crippen molar-refractivity contribution in [3.63, 3.8) is 0 Å². The fraction of sp³-hybridized carbons (Fsp3) is 0.533. The van der Waals surface area contributed by atoms with Crippen molar-refractivity contribution < 1.29 is 9.18 Å². The average Bonchev–Trinajstić information content (AvgIpc) is 2.65. The predicted octanol–water partition coefficient (Wildman–Crippen LogP) is 3.06. The number of nitrogens with two attached hydrogens (primary N) is 1. The summed E-state index contributed by atoms with van der Waals surface area (Å²) in [4.78, 5) is 12.5. The normalized spacial score (nSPS) is 18.6. The van der Waals surface area contributed by atoms with Crippen molar-refractivity contribution in [3.8, 4) is 0 Å². The number of nitrogens with one attached hydrogen (secondary N) is 1. The molecule has 1 aliphatic carbocycles. The summed E-state index contributed by atoms with van der Waals surface area (Å²) < 4.78 is 13.1. The van der Waals surface area contributed by atoms with Gasteiger partial charge in [-0.15, -0.1) is 0 Å². The summed E-state index contributed by atoms with van der Waals surface area (Å²) in [6, 6.07) is 5.98. The molecule has 0 heterocycles. The first kappa shape index (κ1) is 14.0. The van der Waals surface area contributed by atoms with Crippen LogP contribution in [0, 0.1) is 11.2 Å². The Labute approximate surface area is 113 Å². The fourth-order valence-corrected chi connectivity index (χ4v) is 2.76. The highest BCUT2D eigenvalue weighted by Gasteiger charge is 2.37. The zero-order valence-corrected chi connectivity index (χ0v) is 11.1. The molecule has 1 amide bonds. The highest BCUT2D eigenvalue weighted by Crippen LogP contribution is 2.35. The molecule has 104 valence electrons. The largest absolute Gasteiger partial charge is 0.329 e. The van der Waals surface area contributed by atoms with E-state index in [4.69, 9.17) is 5.73 Å². The van der Waals surface area contributed by atoms with Crippen molar-refractivity contribution in [2.24, 2.45) is 11.1 Å². The van der Waals surface area contributed by atoms with Gasteiger partial charge in [0.25, 0.3) is 0 Å². The third-order valence-electron chi connectivity index (χ3n) is 4.02. The fourth-order valence-electron chi connectivity index (χ4n) is 2.76. The first-order valence-electron chi connectivity index (χ1n) is 6.93. The van der Waals surface area contributed by atoms with Crippen LogP contribution < -0.4 is 11.1 Å². The third-order valence-corrected chi connectivity index (χ3v) is 4.02. The van der Waals surface area contributed by atoms with E-state index in [0.29, 0.717) is 12.2 Å². The average molecular weight is 264 g/mol. The van der Waals surface area contributed by atoms with E-state index in [2.05, 4.69) is 5.32 Å². The molecule has 0 radical (unpaired) electrons. The lowest BCUT2D eigenvalue weighted by atomic mass is 9.79. The van der Waals surface area contributed by atoms with E-state index < -0.39 is 5.41 Å². The molecule has 4 heteroatoms. The number of anilines is 1. The second kappa shape index (κ2) is 6.15. The molecule has 0 saturated heterocycles. The molecule has 1 saturated carbocycles. The molecular weight excluding hydrogens is 243 g/mol. The third kappa shape index (κ3) is 3.32. The Balaban J connectivity index is 2.12. The number of carbonyl (C=O) groups is 1. The van der Waals surface area contributed by atoms with Gasteiger partial charge < -0.3 is 11.1 Å². The van der Waals surface area contributed by atoms with Gasteiger partial charge in [-0.3, -0.25) is 4.79 Å². The number of hydrogen-bond donors (Lipinski definition) is 2. The Kier molecular flexibility index (Phi) is 4.53. The minimum Gasteiger partial charge on any atom is -0.329 e. The van der Waals surface area contributed by atoms with Crippen molar-refractivity contribution in [2.45, 2.75) is 38.5 Å². The Morgan fingerprint density at radius 3 is 2.53 bits per heavy atom. The quantitative estimate of drug-likeness (QED) is 0.824. The second-order valence-corrected chi connectivity index (χ2v) is 5.36. The van der Waals surface area contributed by atoms with E-state index in [1.807, 2.05) is 0 Å². The molecule has 0 bridgehead atoms. The van der Waals surface area contributed by atoms with Crippen LogP contribution in [0.25, 0.3) is 0 Å². The molecule has 2 rings (SSSR count). The van der Waals surface area contributed by atoms with Gasteiger partial charge in [0.1, 0.15) is 5.82 Å². The molecular formula is C15H21FN2O. The standard InChI is InChI=1S/C15H21FN2O/c16-12-6-5-7-13(10-12)18-14(19)15(11-17)8-3-1-2-4-9-15/h5-7,10H,1-4,8-9,11,17H2,(H,18,19). The van der Waals surface area contributed by atoms with Crippen molar-refractivity contribution in [2.75, 3.05) is 11.9 Å². The van der Waals surface area contributed by atoms with Gasteiger partial charge in [-0.2, -0.15) is 0 Å². The maximum absolute atomic E-state index is 13.1. The number of carbonyl (C=O) groups excluding carboxylic acids is 1. The first-order valence-corrected chi connectivity index (χ1v) is 6.93. The molecule has 1 aromatic rings. The summed E-state index contributed by atoms with van der Waals surface area (Å²) in [6.45, 7) is 0.355. The predicted molar refractivity (Wildman–Crippen MR) is 74.2 cm³/mol. The van der Waals surface area contributed by atoms with E-state index in [0.717, 1.165) is 38.5 Å². The van der Waals surface area contributed by atoms with Crippen LogP contribution in [0.3, 0.4) is 0 Å². The molecule has 3 N–H and O–H groups in total. The van der Waals surface area contributed by atoms with Gasteiger partial charge in [-0.25, -0.2) is 4.39 Å². The monoisotopic (exact) mass is 264 g/mol. The van der Waals surface area contributed by atoms with Crippen LogP contribution in [0.1, 0.15) is 38.5 Å². The first-order chi connectivity index (χ1) is 9.16. The summed E-state index contributed by atoms with van der Waals surface area (Å²) in [5.41, 5.74) is 5.88. The van der Waals surface area contributed by atoms with Gasteiger partial charge in [0.2, 0.25) is 5.91 Å². The van der Waals surface area contributed by atoms with Crippen molar-refractivity contribution in [1.82, 2.24) is 0 Å². The molecule has 0 atom stereocenters. The zero-order chi connectivity index (χ0) is 13.7.